The normalized spacial score (nSPS) is 11.2. The van der Waals surface area contributed by atoms with E-state index in [1.165, 1.54) is 11.1 Å². The molecule has 0 saturated carbocycles. The summed E-state index contributed by atoms with van der Waals surface area (Å²) in [6.07, 6.45) is 1.14. The standard InChI is InChI=1S/C15H24ClNO/c1-12(2)6-8-18-9-7-17-11-14-4-5-15(16)10-13(14)3/h4-5,10,12,17H,6-9,11H2,1-3H3. The molecule has 1 rings (SSSR count). The Kier molecular flexibility index (Phi) is 7.33. The molecule has 0 spiro atoms. The molecule has 1 N–H and O–H groups in total. The largest absolute Gasteiger partial charge is 0.380 e. The minimum atomic E-state index is 0.717. The van der Waals surface area contributed by atoms with Crippen LogP contribution in [-0.2, 0) is 11.3 Å². The average Bonchev–Trinajstić information content (AvgIpc) is 2.30. The highest BCUT2D eigenvalue weighted by atomic mass is 35.5. The van der Waals surface area contributed by atoms with Gasteiger partial charge in [-0.05, 0) is 42.5 Å². The van der Waals surface area contributed by atoms with E-state index in [4.69, 9.17) is 16.3 Å². The summed E-state index contributed by atoms with van der Waals surface area (Å²) in [5.41, 5.74) is 2.53. The van der Waals surface area contributed by atoms with E-state index in [-0.39, 0.29) is 0 Å². The third-order valence-corrected chi connectivity index (χ3v) is 3.12. The van der Waals surface area contributed by atoms with E-state index in [0.29, 0.717) is 0 Å². The summed E-state index contributed by atoms with van der Waals surface area (Å²) in [6, 6.07) is 6.01. The Bertz CT molecular complexity index is 352. The van der Waals surface area contributed by atoms with Crippen LogP contribution >= 0.6 is 11.6 Å². The van der Waals surface area contributed by atoms with Crippen LogP contribution in [0.1, 0.15) is 31.4 Å². The number of rotatable bonds is 8. The first-order valence-corrected chi connectivity index (χ1v) is 7.01. The Labute approximate surface area is 116 Å². The number of aryl methyl sites for hydroxylation is 1. The molecule has 0 bridgehead atoms. The van der Waals surface area contributed by atoms with E-state index in [1.54, 1.807) is 0 Å². The number of ether oxygens (including phenoxy) is 1. The van der Waals surface area contributed by atoms with Gasteiger partial charge in [0.25, 0.3) is 0 Å². The Morgan fingerprint density at radius 1 is 1.28 bits per heavy atom. The first-order valence-electron chi connectivity index (χ1n) is 6.63. The summed E-state index contributed by atoms with van der Waals surface area (Å²) in [7, 11) is 0. The number of hydrogen-bond acceptors (Lipinski definition) is 2. The summed E-state index contributed by atoms with van der Waals surface area (Å²) >= 11 is 5.92. The molecular weight excluding hydrogens is 246 g/mol. The van der Waals surface area contributed by atoms with Gasteiger partial charge in [0.2, 0.25) is 0 Å². The molecule has 0 heterocycles. The van der Waals surface area contributed by atoms with Crippen LogP contribution in [0.2, 0.25) is 5.02 Å². The summed E-state index contributed by atoms with van der Waals surface area (Å²) in [5, 5.41) is 4.18. The molecule has 0 radical (unpaired) electrons. The summed E-state index contributed by atoms with van der Waals surface area (Å²) in [4.78, 5) is 0. The second-order valence-electron chi connectivity index (χ2n) is 5.04. The maximum absolute atomic E-state index is 5.92. The second-order valence-corrected chi connectivity index (χ2v) is 5.48. The predicted octanol–water partition coefficient (Wildman–Crippen LogP) is 3.80. The topological polar surface area (TPSA) is 21.3 Å². The van der Waals surface area contributed by atoms with Gasteiger partial charge in [-0.15, -0.1) is 0 Å². The molecule has 0 amide bonds. The molecule has 18 heavy (non-hydrogen) atoms. The van der Waals surface area contributed by atoms with Crippen molar-refractivity contribution in [1.29, 1.82) is 0 Å². The van der Waals surface area contributed by atoms with Crippen LogP contribution in [0.4, 0.5) is 0 Å². The molecule has 0 aliphatic carbocycles. The van der Waals surface area contributed by atoms with E-state index in [9.17, 15) is 0 Å². The Hall–Kier alpha value is -0.570. The number of hydrogen-bond donors (Lipinski definition) is 1. The van der Waals surface area contributed by atoms with E-state index in [0.717, 1.165) is 43.7 Å². The van der Waals surface area contributed by atoms with E-state index >= 15 is 0 Å². The number of nitrogens with one attached hydrogen (secondary N) is 1. The lowest BCUT2D eigenvalue weighted by atomic mass is 10.1. The Morgan fingerprint density at radius 3 is 2.72 bits per heavy atom. The minimum Gasteiger partial charge on any atom is -0.380 e. The van der Waals surface area contributed by atoms with Crippen molar-refractivity contribution in [2.75, 3.05) is 19.8 Å². The fourth-order valence-corrected chi connectivity index (χ4v) is 1.87. The second kappa shape index (κ2) is 8.52. The molecule has 0 fully saturated rings. The molecule has 0 unspecified atom stereocenters. The van der Waals surface area contributed by atoms with E-state index < -0.39 is 0 Å². The van der Waals surface area contributed by atoms with Crippen molar-refractivity contribution in [2.45, 2.75) is 33.7 Å². The van der Waals surface area contributed by atoms with Crippen molar-refractivity contribution in [3.8, 4) is 0 Å². The molecule has 1 aromatic carbocycles. The van der Waals surface area contributed by atoms with Gasteiger partial charge in [0.15, 0.2) is 0 Å². The lowest BCUT2D eigenvalue weighted by molar-refractivity contribution is 0.125. The highest BCUT2D eigenvalue weighted by molar-refractivity contribution is 6.30. The molecule has 3 heteroatoms. The van der Waals surface area contributed by atoms with Crippen molar-refractivity contribution >= 4 is 11.6 Å². The van der Waals surface area contributed by atoms with Crippen LogP contribution in [0, 0.1) is 12.8 Å². The summed E-state index contributed by atoms with van der Waals surface area (Å²) in [5.74, 6) is 0.717. The Balaban J connectivity index is 2.11. The zero-order chi connectivity index (χ0) is 13.4. The first-order chi connectivity index (χ1) is 8.59. The first kappa shape index (κ1) is 15.5. The van der Waals surface area contributed by atoms with Crippen molar-refractivity contribution in [2.24, 2.45) is 5.92 Å². The van der Waals surface area contributed by atoms with Gasteiger partial charge in [-0.3, -0.25) is 0 Å². The van der Waals surface area contributed by atoms with Gasteiger partial charge in [0.1, 0.15) is 0 Å². The van der Waals surface area contributed by atoms with Crippen molar-refractivity contribution in [3.63, 3.8) is 0 Å². The van der Waals surface area contributed by atoms with Crippen molar-refractivity contribution < 1.29 is 4.74 Å². The molecule has 102 valence electrons. The zero-order valence-electron chi connectivity index (χ0n) is 11.6. The van der Waals surface area contributed by atoms with Gasteiger partial charge < -0.3 is 10.1 Å². The monoisotopic (exact) mass is 269 g/mol. The van der Waals surface area contributed by atoms with Gasteiger partial charge in [-0.2, -0.15) is 0 Å². The van der Waals surface area contributed by atoms with Gasteiger partial charge in [-0.25, -0.2) is 0 Å². The molecule has 1 aromatic rings. The zero-order valence-corrected chi connectivity index (χ0v) is 12.4. The smallest absolute Gasteiger partial charge is 0.0591 e. The highest BCUT2D eigenvalue weighted by Crippen LogP contribution is 2.14. The van der Waals surface area contributed by atoms with Gasteiger partial charge >= 0.3 is 0 Å². The van der Waals surface area contributed by atoms with Crippen LogP contribution in [-0.4, -0.2) is 19.8 Å². The van der Waals surface area contributed by atoms with Crippen LogP contribution in [0.15, 0.2) is 18.2 Å². The summed E-state index contributed by atoms with van der Waals surface area (Å²) in [6.45, 7) is 9.91. The molecule has 0 aliphatic heterocycles. The van der Waals surface area contributed by atoms with Gasteiger partial charge in [-0.1, -0.05) is 31.5 Å². The third kappa shape index (κ3) is 6.39. The summed E-state index contributed by atoms with van der Waals surface area (Å²) < 4.78 is 5.55. The predicted molar refractivity (Wildman–Crippen MR) is 78.2 cm³/mol. The highest BCUT2D eigenvalue weighted by Gasteiger charge is 1.99. The van der Waals surface area contributed by atoms with Gasteiger partial charge in [0.05, 0.1) is 6.61 Å². The van der Waals surface area contributed by atoms with Crippen molar-refractivity contribution in [3.05, 3.63) is 34.3 Å². The van der Waals surface area contributed by atoms with Crippen LogP contribution in [0.3, 0.4) is 0 Å². The number of halogens is 1. The number of benzene rings is 1. The maximum atomic E-state index is 5.92. The van der Waals surface area contributed by atoms with Crippen LogP contribution < -0.4 is 5.32 Å². The minimum absolute atomic E-state index is 0.717. The quantitative estimate of drug-likeness (QED) is 0.725. The lowest BCUT2D eigenvalue weighted by Gasteiger charge is -2.09. The molecule has 2 nitrogen and oxygen atoms in total. The molecular formula is C15H24ClNO. The Morgan fingerprint density at radius 2 is 2.06 bits per heavy atom. The fourth-order valence-electron chi connectivity index (χ4n) is 1.65. The fraction of sp³-hybridized carbons (Fsp3) is 0.600. The molecule has 0 saturated heterocycles. The SMILES string of the molecule is Cc1cc(Cl)ccc1CNCCOCCC(C)C. The van der Waals surface area contributed by atoms with Crippen LogP contribution in [0.5, 0.6) is 0 Å². The van der Waals surface area contributed by atoms with Gasteiger partial charge in [0, 0.05) is 24.7 Å². The molecule has 0 atom stereocenters. The molecule has 0 aliphatic rings. The molecule has 0 aromatic heterocycles. The third-order valence-electron chi connectivity index (χ3n) is 2.88. The van der Waals surface area contributed by atoms with Crippen LogP contribution in [0.25, 0.3) is 0 Å². The maximum Gasteiger partial charge on any atom is 0.0591 e. The average molecular weight is 270 g/mol. The lowest BCUT2D eigenvalue weighted by Crippen LogP contribution is -2.20. The van der Waals surface area contributed by atoms with Crippen molar-refractivity contribution in [1.82, 2.24) is 5.32 Å². The van der Waals surface area contributed by atoms with E-state index in [1.807, 2.05) is 12.1 Å². The van der Waals surface area contributed by atoms with E-state index in [2.05, 4.69) is 32.2 Å².